The fourth-order valence-electron chi connectivity index (χ4n) is 3.53. The number of urea groups is 1. The van der Waals surface area contributed by atoms with Gasteiger partial charge in [-0.25, -0.2) is 14.5 Å². The van der Waals surface area contributed by atoms with Crippen LogP contribution >= 0.6 is 0 Å². The predicted octanol–water partition coefficient (Wildman–Crippen LogP) is 1.45. The van der Waals surface area contributed by atoms with Crippen LogP contribution in [0, 0.1) is 0 Å². The lowest BCUT2D eigenvalue weighted by Gasteiger charge is -2.20. The molecular formula is C17H21N5O2. The Bertz CT molecular complexity index is 703. The first kappa shape index (κ1) is 15.1. The van der Waals surface area contributed by atoms with E-state index in [4.69, 9.17) is 4.74 Å². The molecular weight excluding hydrogens is 306 g/mol. The zero-order chi connectivity index (χ0) is 16.4. The van der Waals surface area contributed by atoms with E-state index in [2.05, 4.69) is 26.8 Å². The molecule has 1 aromatic heterocycles. The quantitative estimate of drug-likeness (QED) is 0.871. The highest BCUT2D eigenvalue weighted by atomic mass is 16.5. The molecule has 2 bridgehead atoms. The number of ether oxygens (including phenoxy) is 1. The molecule has 0 spiro atoms. The molecule has 4 rings (SSSR count). The number of hydrogen-bond acceptors (Lipinski definition) is 4. The summed E-state index contributed by atoms with van der Waals surface area (Å²) in [5, 5.41) is 10.1. The lowest BCUT2D eigenvalue weighted by atomic mass is 9.96. The highest BCUT2D eigenvalue weighted by Gasteiger charge is 2.41. The third kappa shape index (κ3) is 3.41. The summed E-state index contributed by atoms with van der Waals surface area (Å²) in [6, 6.07) is 8.14. The summed E-state index contributed by atoms with van der Waals surface area (Å²) in [5.41, 5.74) is 2.19. The van der Waals surface area contributed by atoms with Gasteiger partial charge in [0.05, 0.1) is 24.8 Å². The number of fused-ring (bicyclic) bond motifs is 2. The Labute approximate surface area is 140 Å². The maximum atomic E-state index is 12.1. The summed E-state index contributed by atoms with van der Waals surface area (Å²) in [6.45, 7) is 1.17. The van der Waals surface area contributed by atoms with Gasteiger partial charge in [-0.05, 0) is 30.4 Å². The maximum absolute atomic E-state index is 12.1. The number of nitrogens with zero attached hydrogens (tertiary/aromatic N) is 3. The second-order valence-electron chi connectivity index (χ2n) is 6.46. The van der Waals surface area contributed by atoms with Gasteiger partial charge in [-0.3, -0.25) is 0 Å². The van der Waals surface area contributed by atoms with Crippen LogP contribution in [0.3, 0.4) is 0 Å². The average molecular weight is 327 g/mol. The van der Waals surface area contributed by atoms with Gasteiger partial charge in [0.1, 0.15) is 12.7 Å². The Hall–Kier alpha value is -2.41. The first-order valence-electron chi connectivity index (χ1n) is 8.36. The summed E-state index contributed by atoms with van der Waals surface area (Å²) < 4.78 is 7.53. The molecule has 1 aromatic carbocycles. The topological polar surface area (TPSA) is 81.1 Å². The smallest absolute Gasteiger partial charge is 0.315 e. The van der Waals surface area contributed by atoms with Crippen LogP contribution in [0.25, 0.3) is 0 Å². The van der Waals surface area contributed by atoms with E-state index in [1.54, 1.807) is 11.0 Å². The van der Waals surface area contributed by atoms with Gasteiger partial charge < -0.3 is 15.4 Å². The Balaban J connectivity index is 1.28. The molecule has 7 heteroatoms. The molecule has 3 atom stereocenters. The van der Waals surface area contributed by atoms with E-state index in [1.807, 2.05) is 18.2 Å². The van der Waals surface area contributed by atoms with Gasteiger partial charge in [-0.1, -0.05) is 24.3 Å². The number of carbonyl (C=O) groups excluding carboxylic acids is 1. The van der Waals surface area contributed by atoms with Gasteiger partial charge >= 0.3 is 6.03 Å². The molecule has 2 aromatic rings. The summed E-state index contributed by atoms with van der Waals surface area (Å²) in [4.78, 5) is 16.0. The number of carbonyl (C=O) groups is 1. The molecule has 0 unspecified atom stereocenters. The van der Waals surface area contributed by atoms with Crippen LogP contribution in [0.4, 0.5) is 4.79 Å². The second-order valence-corrected chi connectivity index (χ2v) is 6.46. The molecule has 0 saturated carbocycles. The number of rotatable bonds is 5. The first-order valence-corrected chi connectivity index (χ1v) is 8.36. The summed E-state index contributed by atoms with van der Waals surface area (Å²) >= 11 is 0. The van der Waals surface area contributed by atoms with Crippen molar-refractivity contribution in [2.75, 3.05) is 0 Å². The van der Waals surface area contributed by atoms with E-state index in [-0.39, 0.29) is 18.2 Å². The van der Waals surface area contributed by atoms with E-state index in [9.17, 15) is 4.79 Å². The van der Waals surface area contributed by atoms with Gasteiger partial charge in [0.15, 0.2) is 0 Å². The molecule has 2 aliphatic heterocycles. The van der Waals surface area contributed by atoms with Gasteiger partial charge in [0, 0.05) is 6.54 Å². The Morgan fingerprint density at radius 3 is 3.00 bits per heavy atom. The van der Waals surface area contributed by atoms with Crippen molar-refractivity contribution in [3.05, 3.63) is 48.0 Å². The van der Waals surface area contributed by atoms with Gasteiger partial charge in [0.25, 0.3) is 0 Å². The van der Waals surface area contributed by atoms with Gasteiger partial charge in [-0.15, -0.1) is 0 Å². The van der Waals surface area contributed by atoms with Crippen LogP contribution in [-0.2, 0) is 17.8 Å². The average Bonchev–Trinajstić information content (AvgIpc) is 3.31. The largest absolute Gasteiger partial charge is 0.373 e. The normalized spacial score (nSPS) is 24.9. The second kappa shape index (κ2) is 6.60. The van der Waals surface area contributed by atoms with Gasteiger partial charge in [-0.2, -0.15) is 5.10 Å². The molecule has 2 saturated heterocycles. The molecule has 24 heavy (non-hydrogen) atoms. The van der Waals surface area contributed by atoms with Crippen molar-refractivity contribution in [3.63, 3.8) is 0 Å². The van der Waals surface area contributed by atoms with Crippen molar-refractivity contribution in [3.8, 4) is 0 Å². The summed E-state index contributed by atoms with van der Waals surface area (Å²) in [5.74, 6) is 0. The molecule has 2 N–H and O–H groups in total. The third-order valence-electron chi connectivity index (χ3n) is 4.68. The number of aromatic nitrogens is 3. The molecule has 0 aliphatic carbocycles. The van der Waals surface area contributed by atoms with E-state index in [0.717, 1.165) is 30.4 Å². The minimum atomic E-state index is -0.127. The summed E-state index contributed by atoms with van der Waals surface area (Å²) in [7, 11) is 0. The van der Waals surface area contributed by atoms with Crippen LogP contribution in [0.1, 0.15) is 30.4 Å². The molecule has 2 fully saturated rings. The molecule has 2 aliphatic rings. The molecule has 2 amide bonds. The minimum absolute atomic E-state index is 0.127. The van der Waals surface area contributed by atoms with Crippen LogP contribution in [0.15, 0.2) is 36.9 Å². The lowest BCUT2D eigenvalue weighted by Crippen LogP contribution is -2.46. The van der Waals surface area contributed by atoms with Crippen molar-refractivity contribution < 1.29 is 9.53 Å². The zero-order valence-corrected chi connectivity index (χ0v) is 13.4. The van der Waals surface area contributed by atoms with Crippen molar-refractivity contribution >= 4 is 6.03 Å². The van der Waals surface area contributed by atoms with E-state index >= 15 is 0 Å². The van der Waals surface area contributed by atoms with E-state index in [1.165, 1.54) is 6.33 Å². The van der Waals surface area contributed by atoms with Crippen LogP contribution < -0.4 is 10.6 Å². The van der Waals surface area contributed by atoms with Gasteiger partial charge in [0.2, 0.25) is 0 Å². The zero-order valence-electron chi connectivity index (χ0n) is 13.4. The molecule has 7 nitrogen and oxygen atoms in total. The monoisotopic (exact) mass is 327 g/mol. The van der Waals surface area contributed by atoms with Crippen molar-refractivity contribution in [1.82, 2.24) is 25.4 Å². The number of nitrogens with one attached hydrogen (secondary N) is 2. The van der Waals surface area contributed by atoms with Crippen molar-refractivity contribution in [2.24, 2.45) is 0 Å². The molecule has 126 valence electrons. The maximum Gasteiger partial charge on any atom is 0.315 e. The van der Waals surface area contributed by atoms with E-state index in [0.29, 0.717) is 19.2 Å². The predicted molar refractivity (Wildman–Crippen MR) is 87.2 cm³/mol. The highest BCUT2D eigenvalue weighted by Crippen LogP contribution is 2.34. The number of benzene rings is 1. The first-order chi connectivity index (χ1) is 11.8. The third-order valence-corrected chi connectivity index (χ3v) is 4.68. The van der Waals surface area contributed by atoms with E-state index < -0.39 is 0 Å². The Morgan fingerprint density at radius 2 is 2.25 bits per heavy atom. The van der Waals surface area contributed by atoms with Crippen LogP contribution in [0.5, 0.6) is 0 Å². The molecule has 3 heterocycles. The van der Waals surface area contributed by atoms with Crippen LogP contribution in [0.2, 0.25) is 0 Å². The number of hydrogen-bond donors (Lipinski definition) is 2. The van der Waals surface area contributed by atoms with Crippen LogP contribution in [-0.4, -0.2) is 39.0 Å². The highest BCUT2D eigenvalue weighted by molar-refractivity contribution is 5.74. The van der Waals surface area contributed by atoms with Crippen molar-refractivity contribution in [1.29, 1.82) is 0 Å². The SMILES string of the molecule is O=C(NCc1cccc(Cn2cncn2)c1)N[C@H]1C[C@H]2CC[C@H]1O2. The fraction of sp³-hybridized carbons (Fsp3) is 0.471. The minimum Gasteiger partial charge on any atom is -0.373 e. The summed E-state index contributed by atoms with van der Waals surface area (Å²) in [6.07, 6.45) is 6.87. The lowest BCUT2D eigenvalue weighted by molar-refractivity contribution is 0.0981. The number of amides is 2. The Morgan fingerprint density at radius 1 is 1.33 bits per heavy atom. The molecule has 0 radical (unpaired) electrons. The standard InChI is InChI=1S/C17H21N5O2/c23-17(21-15-7-14-4-5-16(15)24-14)19-8-12-2-1-3-13(6-12)9-22-11-18-10-20-22/h1-3,6,10-11,14-16H,4-5,7-9H2,(H2,19,21,23)/t14-,15+,16-/m1/s1. The Kier molecular flexibility index (Phi) is 4.17. The fourth-order valence-corrected chi connectivity index (χ4v) is 3.53. The van der Waals surface area contributed by atoms with Crippen molar-refractivity contribution in [2.45, 2.75) is 50.6 Å².